The highest BCUT2D eigenvalue weighted by atomic mass is 16.1. The highest BCUT2D eigenvalue weighted by Crippen LogP contribution is 2.35. The molecule has 3 N–H and O–H groups in total. The van der Waals surface area contributed by atoms with Crippen molar-refractivity contribution in [2.45, 2.75) is 32.2 Å². The van der Waals surface area contributed by atoms with Gasteiger partial charge in [-0.25, -0.2) is 0 Å². The Morgan fingerprint density at radius 1 is 1.56 bits per heavy atom. The van der Waals surface area contributed by atoms with Gasteiger partial charge in [-0.15, -0.1) is 0 Å². The third kappa shape index (κ3) is 1.96. The van der Waals surface area contributed by atoms with Crippen LogP contribution >= 0.6 is 0 Å². The van der Waals surface area contributed by atoms with Gasteiger partial charge in [0.15, 0.2) is 0 Å². The molecule has 1 amide bonds. The Hall–Kier alpha value is -0.610. The first-order valence-corrected chi connectivity index (χ1v) is 6.32. The molecule has 92 valence electrons. The van der Waals surface area contributed by atoms with Gasteiger partial charge in [0.2, 0.25) is 5.91 Å². The minimum absolute atomic E-state index is 0.153. The highest BCUT2D eigenvalue weighted by Gasteiger charge is 2.49. The van der Waals surface area contributed by atoms with Crippen molar-refractivity contribution >= 4 is 5.91 Å². The summed E-state index contributed by atoms with van der Waals surface area (Å²) in [5, 5.41) is 3.46. The topological polar surface area (TPSA) is 58.4 Å². The van der Waals surface area contributed by atoms with Crippen LogP contribution in [0.3, 0.4) is 0 Å². The fraction of sp³-hybridized carbons (Fsp3) is 0.917. The van der Waals surface area contributed by atoms with Gasteiger partial charge >= 0.3 is 0 Å². The molecule has 0 aliphatic carbocycles. The largest absolute Gasteiger partial charge is 0.368 e. The maximum absolute atomic E-state index is 11.8. The van der Waals surface area contributed by atoms with Gasteiger partial charge in [-0.1, -0.05) is 13.8 Å². The molecule has 2 saturated heterocycles. The summed E-state index contributed by atoms with van der Waals surface area (Å²) in [5.41, 5.74) is 5.22. The first-order valence-electron chi connectivity index (χ1n) is 6.32. The third-order valence-corrected chi connectivity index (χ3v) is 4.06. The van der Waals surface area contributed by atoms with E-state index in [0.717, 1.165) is 39.0 Å². The van der Waals surface area contributed by atoms with E-state index in [-0.39, 0.29) is 5.91 Å². The van der Waals surface area contributed by atoms with Crippen LogP contribution in [-0.4, -0.2) is 42.5 Å². The fourth-order valence-corrected chi connectivity index (χ4v) is 3.01. The number of fused-ring (bicyclic) bond motifs is 2. The second kappa shape index (κ2) is 4.34. The second-order valence-electron chi connectivity index (χ2n) is 5.65. The molecule has 2 aliphatic heterocycles. The molecule has 0 radical (unpaired) electrons. The van der Waals surface area contributed by atoms with Gasteiger partial charge in [0.05, 0.1) is 0 Å². The maximum atomic E-state index is 11.8. The molecule has 3 unspecified atom stereocenters. The SMILES string of the molecule is CC(C)CNC1(C(N)=O)CCN2CCC1C2. The molecule has 0 aromatic heterocycles. The number of nitrogens with one attached hydrogen (secondary N) is 1. The smallest absolute Gasteiger partial charge is 0.238 e. The summed E-state index contributed by atoms with van der Waals surface area (Å²) < 4.78 is 0. The molecule has 16 heavy (non-hydrogen) atoms. The number of primary amides is 1. The summed E-state index contributed by atoms with van der Waals surface area (Å²) in [6.45, 7) is 8.36. The van der Waals surface area contributed by atoms with E-state index in [1.807, 2.05) is 0 Å². The van der Waals surface area contributed by atoms with Crippen LogP contribution in [0.4, 0.5) is 0 Å². The number of rotatable bonds is 4. The first kappa shape index (κ1) is 11.9. The Kier molecular flexibility index (Phi) is 3.22. The van der Waals surface area contributed by atoms with E-state index in [1.165, 1.54) is 0 Å². The Morgan fingerprint density at radius 3 is 2.94 bits per heavy atom. The molecule has 2 bridgehead atoms. The molecule has 2 heterocycles. The zero-order chi connectivity index (χ0) is 11.8. The number of carbonyl (C=O) groups is 1. The molecular weight excluding hydrogens is 202 g/mol. The maximum Gasteiger partial charge on any atom is 0.238 e. The summed E-state index contributed by atoms with van der Waals surface area (Å²) >= 11 is 0. The molecule has 0 spiro atoms. The van der Waals surface area contributed by atoms with Crippen molar-refractivity contribution < 1.29 is 4.79 Å². The second-order valence-corrected chi connectivity index (χ2v) is 5.65. The third-order valence-electron chi connectivity index (χ3n) is 4.06. The molecule has 4 nitrogen and oxygen atoms in total. The van der Waals surface area contributed by atoms with E-state index in [0.29, 0.717) is 11.8 Å². The summed E-state index contributed by atoms with van der Waals surface area (Å²) in [7, 11) is 0. The molecule has 2 fully saturated rings. The highest BCUT2D eigenvalue weighted by molar-refractivity contribution is 5.85. The fourth-order valence-electron chi connectivity index (χ4n) is 3.01. The van der Waals surface area contributed by atoms with E-state index in [9.17, 15) is 4.79 Å². The molecular formula is C12H23N3O. The zero-order valence-electron chi connectivity index (χ0n) is 10.3. The number of nitrogens with zero attached hydrogens (tertiary/aromatic N) is 1. The van der Waals surface area contributed by atoms with Crippen LogP contribution in [0.1, 0.15) is 26.7 Å². The van der Waals surface area contributed by atoms with Gasteiger partial charge in [0.1, 0.15) is 5.54 Å². The average Bonchev–Trinajstić information content (AvgIpc) is 2.61. The van der Waals surface area contributed by atoms with Crippen molar-refractivity contribution in [1.29, 1.82) is 0 Å². The van der Waals surface area contributed by atoms with Gasteiger partial charge in [0, 0.05) is 19.0 Å². The lowest BCUT2D eigenvalue weighted by molar-refractivity contribution is -0.128. The molecule has 2 rings (SSSR count). The van der Waals surface area contributed by atoms with Gasteiger partial charge in [-0.2, -0.15) is 0 Å². The van der Waals surface area contributed by atoms with Crippen LogP contribution in [0.5, 0.6) is 0 Å². The number of amides is 1. The van der Waals surface area contributed by atoms with Crippen LogP contribution in [0.15, 0.2) is 0 Å². The van der Waals surface area contributed by atoms with Crippen molar-refractivity contribution in [2.24, 2.45) is 17.6 Å². The number of nitrogens with two attached hydrogens (primary N) is 1. The molecule has 0 saturated carbocycles. The average molecular weight is 225 g/mol. The summed E-state index contributed by atoms with van der Waals surface area (Å²) in [4.78, 5) is 14.3. The van der Waals surface area contributed by atoms with Crippen molar-refractivity contribution in [3.8, 4) is 0 Å². The molecule has 0 aromatic rings. The Morgan fingerprint density at radius 2 is 2.31 bits per heavy atom. The molecule has 0 aromatic carbocycles. The molecule has 4 heteroatoms. The van der Waals surface area contributed by atoms with E-state index in [4.69, 9.17) is 5.73 Å². The van der Waals surface area contributed by atoms with Gasteiger partial charge in [-0.05, 0) is 31.8 Å². The van der Waals surface area contributed by atoms with Crippen molar-refractivity contribution in [3.05, 3.63) is 0 Å². The van der Waals surface area contributed by atoms with Crippen LogP contribution in [0.2, 0.25) is 0 Å². The van der Waals surface area contributed by atoms with E-state index >= 15 is 0 Å². The lowest BCUT2D eigenvalue weighted by atomic mass is 9.78. The van der Waals surface area contributed by atoms with Crippen LogP contribution in [-0.2, 0) is 4.79 Å². The normalized spacial score (nSPS) is 37.9. The quantitative estimate of drug-likeness (QED) is 0.717. The minimum Gasteiger partial charge on any atom is -0.368 e. The number of piperidine rings is 1. The van der Waals surface area contributed by atoms with Crippen molar-refractivity contribution in [1.82, 2.24) is 10.2 Å². The number of hydrogen-bond acceptors (Lipinski definition) is 3. The Bertz CT molecular complexity index is 279. The van der Waals surface area contributed by atoms with Gasteiger partial charge in [-0.3, -0.25) is 4.79 Å². The lowest BCUT2D eigenvalue weighted by Crippen LogP contribution is -2.64. The van der Waals surface area contributed by atoms with Gasteiger partial charge < -0.3 is 16.0 Å². The summed E-state index contributed by atoms with van der Waals surface area (Å²) in [6.07, 6.45) is 1.98. The Balaban J connectivity index is 2.11. The van der Waals surface area contributed by atoms with E-state index in [1.54, 1.807) is 0 Å². The summed E-state index contributed by atoms with van der Waals surface area (Å²) in [6, 6.07) is 0. The Labute approximate surface area is 97.6 Å². The van der Waals surface area contributed by atoms with E-state index < -0.39 is 5.54 Å². The van der Waals surface area contributed by atoms with E-state index in [2.05, 4.69) is 24.1 Å². The van der Waals surface area contributed by atoms with Crippen LogP contribution in [0, 0.1) is 11.8 Å². The lowest BCUT2D eigenvalue weighted by Gasteiger charge is -2.41. The predicted octanol–water partition coefficient (Wildman–Crippen LogP) is 0.182. The van der Waals surface area contributed by atoms with Crippen molar-refractivity contribution in [2.75, 3.05) is 26.2 Å². The van der Waals surface area contributed by atoms with Gasteiger partial charge in [0.25, 0.3) is 0 Å². The molecule has 3 atom stereocenters. The monoisotopic (exact) mass is 225 g/mol. The van der Waals surface area contributed by atoms with Crippen molar-refractivity contribution in [3.63, 3.8) is 0 Å². The van der Waals surface area contributed by atoms with Crippen LogP contribution in [0.25, 0.3) is 0 Å². The first-order chi connectivity index (χ1) is 7.54. The number of hydrogen-bond donors (Lipinski definition) is 2. The summed E-state index contributed by atoms with van der Waals surface area (Å²) in [5.74, 6) is 0.813. The minimum atomic E-state index is -0.433. The number of carbonyl (C=O) groups excluding carboxylic acids is 1. The predicted molar refractivity (Wildman–Crippen MR) is 63.9 cm³/mol. The molecule has 2 aliphatic rings. The standard InChI is InChI=1S/C12H23N3O/c1-9(2)7-14-12(11(13)16)4-6-15-5-3-10(12)8-15/h9-10,14H,3-8H2,1-2H3,(H2,13,16). The zero-order valence-corrected chi connectivity index (χ0v) is 10.3. The van der Waals surface area contributed by atoms with Crippen LogP contribution < -0.4 is 11.1 Å².